The molecule has 0 bridgehead atoms. The van der Waals surface area contributed by atoms with Crippen LogP contribution in [0.2, 0.25) is 5.02 Å². The molecule has 3 N–H and O–H groups in total. The number of benzene rings is 1. The summed E-state index contributed by atoms with van der Waals surface area (Å²) in [7, 11) is 0. The normalized spacial score (nSPS) is 13.9. The number of hydrogen-bond donors (Lipinski definition) is 2. The van der Waals surface area contributed by atoms with Crippen molar-refractivity contribution in [1.82, 2.24) is 0 Å². The first-order valence-electron chi connectivity index (χ1n) is 4.26. The zero-order valence-corrected chi connectivity index (χ0v) is 10.1. The molecule has 0 heterocycles. The Morgan fingerprint density at radius 1 is 1.17 bits per heavy atom. The van der Waals surface area contributed by atoms with Crippen LogP contribution in [0.5, 0.6) is 5.75 Å². The van der Waals surface area contributed by atoms with Gasteiger partial charge >= 0.3 is 12.1 Å². The van der Waals surface area contributed by atoms with Gasteiger partial charge in [-0.25, -0.2) is 0 Å². The molecule has 104 valence electrons. The first-order valence-corrected chi connectivity index (χ1v) is 4.63. The van der Waals surface area contributed by atoms with Crippen LogP contribution in [-0.2, 0) is 0 Å². The minimum atomic E-state index is -5.80. The van der Waals surface area contributed by atoms with Crippen LogP contribution in [0.3, 0.4) is 0 Å². The van der Waals surface area contributed by atoms with Gasteiger partial charge in [0.2, 0.25) is 0 Å². The number of halogens is 7. The molecule has 1 rings (SSSR count). The fraction of sp³-hybridized carbons (Fsp3) is 0.333. The van der Waals surface area contributed by atoms with E-state index in [0.717, 1.165) is 18.2 Å². The fourth-order valence-corrected chi connectivity index (χ4v) is 1.33. The SMILES string of the molecule is Cl.N[C@H](c1cc(Cl)ccc1O)C(F)(F)C(F)(F)F. The highest BCUT2D eigenvalue weighted by Crippen LogP contribution is 2.45. The largest absolute Gasteiger partial charge is 0.508 e. The molecule has 0 aliphatic heterocycles. The maximum Gasteiger partial charge on any atom is 0.455 e. The molecule has 0 saturated heterocycles. The summed E-state index contributed by atoms with van der Waals surface area (Å²) in [6, 6.07) is 0.0746. The van der Waals surface area contributed by atoms with Gasteiger partial charge in [0.25, 0.3) is 0 Å². The first-order chi connectivity index (χ1) is 7.57. The van der Waals surface area contributed by atoms with Crippen LogP contribution in [-0.4, -0.2) is 17.2 Å². The van der Waals surface area contributed by atoms with Crippen molar-refractivity contribution in [3.63, 3.8) is 0 Å². The minimum Gasteiger partial charge on any atom is -0.508 e. The Hall–Kier alpha value is -0.790. The van der Waals surface area contributed by atoms with Crippen molar-refractivity contribution >= 4 is 24.0 Å². The van der Waals surface area contributed by atoms with E-state index in [1.165, 1.54) is 0 Å². The number of hydrogen-bond acceptors (Lipinski definition) is 2. The predicted octanol–water partition coefficient (Wildman–Crippen LogP) is 3.66. The zero-order chi connectivity index (χ0) is 13.4. The Balaban J connectivity index is 0.00000289. The van der Waals surface area contributed by atoms with E-state index >= 15 is 0 Å². The van der Waals surface area contributed by atoms with E-state index in [-0.39, 0.29) is 17.4 Å². The summed E-state index contributed by atoms with van der Waals surface area (Å²) < 4.78 is 62.0. The number of rotatable bonds is 2. The van der Waals surface area contributed by atoms with Crippen molar-refractivity contribution in [2.24, 2.45) is 5.73 Å². The van der Waals surface area contributed by atoms with Gasteiger partial charge in [0, 0.05) is 10.6 Å². The van der Waals surface area contributed by atoms with E-state index in [9.17, 15) is 27.1 Å². The van der Waals surface area contributed by atoms with Crippen molar-refractivity contribution in [2.45, 2.75) is 18.1 Å². The topological polar surface area (TPSA) is 46.2 Å². The second-order valence-electron chi connectivity index (χ2n) is 3.30. The quantitative estimate of drug-likeness (QED) is 0.819. The molecule has 0 spiro atoms. The van der Waals surface area contributed by atoms with Gasteiger partial charge in [0.05, 0.1) is 0 Å². The highest BCUT2D eigenvalue weighted by molar-refractivity contribution is 6.30. The van der Waals surface area contributed by atoms with Gasteiger partial charge < -0.3 is 10.8 Å². The minimum absolute atomic E-state index is 0. The maximum atomic E-state index is 12.9. The third kappa shape index (κ3) is 3.15. The third-order valence-electron chi connectivity index (χ3n) is 2.09. The van der Waals surface area contributed by atoms with E-state index in [0.29, 0.717) is 0 Å². The second-order valence-corrected chi connectivity index (χ2v) is 3.74. The highest BCUT2D eigenvalue weighted by atomic mass is 35.5. The van der Waals surface area contributed by atoms with Crippen LogP contribution in [0.4, 0.5) is 22.0 Å². The number of aromatic hydroxyl groups is 1. The van der Waals surface area contributed by atoms with E-state index in [1.54, 1.807) is 0 Å². The average molecular weight is 312 g/mol. The molecular weight excluding hydrogens is 304 g/mol. The second kappa shape index (κ2) is 5.46. The van der Waals surface area contributed by atoms with Crippen molar-refractivity contribution < 1.29 is 27.1 Å². The summed E-state index contributed by atoms with van der Waals surface area (Å²) in [5.41, 5.74) is 4.08. The molecule has 1 aromatic carbocycles. The smallest absolute Gasteiger partial charge is 0.455 e. The van der Waals surface area contributed by atoms with Crippen LogP contribution in [0.15, 0.2) is 18.2 Å². The molecule has 0 aliphatic carbocycles. The van der Waals surface area contributed by atoms with Crippen LogP contribution in [0.25, 0.3) is 0 Å². The van der Waals surface area contributed by atoms with Gasteiger partial charge in [0.15, 0.2) is 0 Å². The van der Waals surface area contributed by atoms with Crippen LogP contribution < -0.4 is 5.73 Å². The van der Waals surface area contributed by atoms with Gasteiger partial charge in [0.1, 0.15) is 11.8 Å². The molecule has 1 atom stereocenters. The van der Waals surface area contributed by atoms with Crippen molar-refractivity contribution in [3.05, 3.63) is 28.8 Å². The number of phenolic OH excluding ortho intramolecular Hbond substituents is 1. The molecule has 0 saturated carbocycles. The van der Waals surface area contributed by atoms with Gasteiger partial charge in [-0.05, 0) is 18.2 Å². The lowest BCUT2D eigenvalue weighted by molar-refractivity contribution is -0.291. The number of alkyl halides is 5. The van der Waals surface area contributed by atoms with Crippen molar-refractivity contribution in [3.8, 4) is 5.75 Å². The van der Waals surface area contributed by atoms with Crippen molar-refractivity contribution in [2.75, 3.05) is 0 Å². The predicted molar refractivity (Wildman–Crippen MR) is 58.3 cm³/mol. The lowest BCUT2D eigenvalue weighted by Crippen LogP contribution is -2.45. The molecule has 2 nitrogen and oxygen atoms in total. The highest BCUT2D eigenvalue weighted by Gasteiger charge is 2.62. The Kier molecular flexibility index (Phi) is 5.22. The molecule has 1 aromatic rings. The lowest BCUT2D eigenvalue weighted by atomic mass is 10.00. The van der Waals surface area contributed by atoms with E-state index < -0.39 is 29.5 Å². The molecule has 9 heteroatoms. The molecular formula is C9H8Cl2F5NO. The molecule has 18 heavy (non-hydrogen) atoms. The number of nitrogens with two attached hydrogens (primary N) is 1. The summed E-state index contributed by atoms with van der Waals surface area (Å²) in [4.78, 5) is 0. The monoisotopic (exact) mass is 311 g/mol. The standard InChI is InChI=1S/C9H7ClF5NO.ClH/c10-4-1-2-6(17)5(3-4)7(16)8(11,12)9(13,14)15;/h1-3,7,17H,16H2;1H/t7-;/m1./s1. The molecule has 0 radical (unpaired) electrons. The molecule has 0 fully saturated rings. The van der Waals surface area contributed by atoms with Gasteiger partial charge in [-0.2, -0.15) is 22.0 Å². The lowest BCUT2D eigenvalue weighted by Gasteiger charge is -2.26. The summed E-state index contributed by atoms with van der Waals surface area (Å²) in [6.45, 7) is 0. The summed E-state index contributed by atoms with van der Waals surface area (Å²) in [6.07, 6.45) is -5.80. The van der Waals surface area contributed by atoms with Crippen LogP contribution in [0, 0.1) is 0 Å². The van der Waals surface area contributed by atoms with Gasteiger partial charge in [-0.1, -0.05) is 11.6 Å². The summed E-state index contributed by atoms with van der Waals surface area (Å²) in [5.74, 6) is -5.93. The summed E-state index contributed by atoms with van der Waals surface area (Å²) in [5, 5.41) is 9.09. The molecule has 0 aliphatic rings. The van der Waals surface area contributed by atoms with E-state index in [4.69, 9.17) is 17.3 Å². The van der Waals surface area contributed by atoms with Gasteiger partial charge in [-0.15, -0.1) is 12.4 Å². The van der Waals surface area contributed by atoms with Crippen molar-refractivity contribution in [1.29, 1.82) is 0 Å². The van der Waals surface area contributed by atoms with Crippen LogP contribution >= 0.6 is 24.0 Å². The number of phenols is 1. The molecule has 0 aromatic heterocycles. The Bertz CT molecular complexity index is 424. The van der Waals surface area contributed by atoms with E-state index in [1.807, 2.05) is 0 Å². The third-order valence-corrected chi connectivity index (χ3v) is 2.33. The fourth-order valence-electron chi connectivity index (χ4n) is 1.15. The van der Waals surface area contributed by atoms with E-state index in [2.05, 4.69) is 0 Å². The molecule has 0 amide bonds. The first kappa shape index (κ1) is 17.2. The maximum absolute atomic E-state index is 12.9. The Morgan fingerprint density at radius 3 is 2.11 bits per heavy atom. The summed E-state index contributed by atoms with van der Waals surface area (Å²) >= 11 is 5.43. The molecule has 0 unspecified atom stereocenters. The van der Waals surface area contributed by atoms with Crippen LogP contribution in [0.1, 0.15) is 11.6 Å². The average Bonchev–Trinajstić information content (AvgIpc) is 2.19. The van der Waals surface area contributed by atoms with Gasteiger partial charge in [-0.3, -0.25) is 0 Å². The Morgan fingerprint density at radius 2 is 1.67 bits per heavy atom. The zero-order valence-electron chi connectivity index (χ0n) is 8.51. The Labute approximate surface area is 110 Å².